The third-order valence-electron chi connectivity index (χ3n) is 1.71. The number of hydrogen-bond acceptors (Lipinski definition) is 4. The zero-order valence-electron chi connectivity index (χ0n) is 7.50. The topological polar surface area (TPSA) is 38.1 Å². The van der Waals surface area contributed by atoms with Gasteiger partial charge in [0.05, 0.1) is 0 Å². The molecular formula is C9H10N2OS. The fourth-order valence-electron chi connectivity index (χ4n) is 1.22. The van der Waals surface area contributed by atoms with Crippen LogP contribution in [-0.2, 0) is 0 Å². The lowest BCUT2D eigenvalue weighted by Gasteiger charge is -1.99. The van der Waals surface area contributed by atoms with Gasteiger partial charge in [0.1, 0.15) is 5.52 Å². The van der Waals surface area contributed by atoms with Crippen LogP contribution in [0.4, 0.5) is 5.69 Å². The molecule has 2 rings (SSSR count). The molecule has 2 aromatic rings. The number of aromatic nitrogens is 1. The first-order valence-corrected chi connectivity index (χ1v) is 5.18. The molecule has 0 saturated carbocycles. The molecule has 3 nitrogen and oxygen atoms in total. The Bertz CT molecular complexity index is 424. The van der Waals surface area contributed by atoms with Gasteiger partial charge >= 0.3 is 0 Å². The quantitative estimate of drug-likeness (QED) is 0.746. The van der Waals surface area contributed by atoms with Crippen LogP contribution in [0.2, 0.25) is 0 Å². The summed E-state index contributed by atoms with van der Waals surface area (Å²) in [6, 6.07) is 5.87. The predicted octanol–water partition coefficient (Wildman–Crippen LogP) is 2.83. The summed E-state index contributed by atoms with van der Waals surface area (Å²) < 4.78 is 8.50. The number of oxazole rings is 1. The first-order chi connectivity index (χ1) is 6.29. The molecule has 4 heteroatoms. The summed E-state index contributed by atoms with van der Waals surface area (Å²) in [5.41, 5.74) is 2.79. The van der Waals surface area contributed by atoms with Gasteiger partial charge in [0, 0.05) is 18.9 Å². The fourth-order valence-corrected chi connectivity index (χ4v) is 1.59. The van der Waals surface area contributed by atoms with Gasteiger partial charge in [-0.25, -0.2) is 4.98 Å². The SMILES string of the molecule is CSNc1ccc2oc(C)nc2c1. The number of aryl methyl sites for hydroxylation is 1. The average molecular weight is 194 g/mol. The molecular weight excluding hydrogens is 184 g/mol. The van der Waals surface area contributed by atoms with E-state index in [9.17, 15) is 0 Å². The number of hydrogen-bond donors (Lipinski definition) is 1. The van der Waals surface area contributed by atoms with Crippen LogP contribution in [-0.4, -0.2) is 11.2 Å². The van der Waals surface area contributed by atoms with Gasteiger partial charge in [-0.15, -0.1) is 0 Å². The highest BCUT2D eigenvalue weighted by Crippen LogP contribution is 2.20. The summed E-state index contributed by atoms with van der Waals surface area (Å²) in [4.78, 5) is 4.24. The zero-order chi connectivity index (χ0) is 9.26. The van der Waals surface area contributed by atoms with E-state index < -0.39 is 0 Å². The van der Waals surface area contributed by atoms with Gasteiger partial charge in [-0.2, -0.15) is 0 Å². The Balaban J connectivity index is 2.48. The Hall–Kier alpha value is -1.16. The summed E-state index contributed by atoms with van der Waals surface area (Å²) >= 11 is 1.56. The summed E-state index contributed by atoms with van der Waals surface area (Å²) in [5, 5.41) is 0. The lowest BCUT2D eigenvalue weighted by molar-refractivity contribution is 0.561. The van der Waals surface area contributed by atoms with E-state index in [4.69, 9.17) is 4.42 Å². The monoisotopic (exact) mass is 194 g/mol. The molecule has 1 N–H and O–H groups in total. The van der Waals surface area contributed by atoms with Gasteiger partial charge in [-0.1, -0.05) is 11.9 Å². The Morgan fingerprint density at radius 3 is 3.08 bits per heavy atom. The smallest absolute Gasteiger partial charge is 0.192 e. The third kappa shape index (κ3) is 1.62. The molecule has 0 bridgehead atoms. The average Bonchev–Trinajstić information content (AvgIpc) is 2.44. The molecule has 1 heterocycles. The largest absolute Gasteiger partial charge is 0.441 e. The van der Waals surface area contributed by atoms with E-state index in [0.717, 1.165) is 16.8 Å². The summed E-state index contributed by atoms with van der Waals surface area (Å²) in [6.45, 7) is 1.85. The number of rotatable bonds is 2. The van der Waals surface area contributed by atoms with Crippen molar-refractivity contribution in [3.05, 3.63) is 24.1 Å². The van der Waals surface area contributed by atoms with E-state index in [0.29, 0.717) is 5.89 Å². The van der Waals surface area contributed by atoms with Gasteiger partial charge < -0.3 is 9.14 Å². The first kappa shape index (κ1) is 8.44. The van der Waals surface area contributed by atoms with Crippen LogP contribution < -0.4 is 4.72 Å². The predicted molar refractivity (Wildman–Crippen MR) is 55.9 cm³/mol. The molecule has 0 spiro atoms. The summed E-state index contributed by atoms with van der Waals surface area (Å²) in [7, 11) is 0. The number of nitrogens with zero attached hydrogens (tertiary/aromatic N) is 1. The maximum Gasteiger partial charge on any atom is 0.192 e. The minimum atomic E-state index is 0.705. The normalized spacial score (nSPS) is 10.6. The molecule has 0 fully saturated rings. The van der Waals surface area contributed by atoms with Crippen LogP contribution >= 0.6 is 11.9 Å². The highest BCUT2D eigenvalue weighted by Gasteiger charge is 2.01. The van der Waals surface area contributed by atoms with Crippen LogP contribution in [0.25, 0.3) is 11.1 Å². The molecule has 0 aliphatic heterocycles. The molecule has 0 saturated heterocycles. The first-order valence-electron chi connectivity index (χ1n) is 3.96. The van der Waals surface area contributed by atoms with E-state index in [1.165, 1.54) is 0 Å². The summed E-state index contributed by atoms with van der Waals surface area (Å²) in [5.74, 6) is 0.705. The Labute approximate surface area is 80.7 Å². The van der Waals surface area contributed by atoms with E-state index in [1.54, 1.807) is 11.9 Å². The van der Waals surface area contributed by atoms with Crippen molar-refractivity contribution < 1.29 is 4.42 Å². The van der Waals surface area contributed by atoms with Crippen LogP contribution in [0, 0.1) is 6.92 Å². The van der Waals surface area contributed by atoms with E-state index in [1.807, 2.05) is 31.4 Å². The molecule has 0 unspecified atom stereocenters. The molecule has 1 aromatic carbocycles. The van der Waals surface area contributed by atoms with Gasteiger partial charge in [0.25, 0.3) is 0 Å². The second kappa shape index (κ2) is 3.30. The standard InChI is InChI=1S/C9H10N2OS/c1-6-10-8-5-7(11-13-2)3-4-9(8)12-6/h3-5,11H,1-2H3. The molecule has 0 aliphatic rings. The highest BCUT2D eigenvalue weighted by molar-refractivity contribution is 7.99. The summed E-state index contributed by atoms with van der Waals surface area (Å²) in [6.07, 6.45) is 1.98. The molecule has 1 aromatic heterocycles. The Kier molecular flexibility index (Phi) is 2.14. The van der Waals surface area contributed by atoms with E-state index >= 15 is 0 Å². The Morgan fingerprint density at radius 2 is 2.31 bits per heavy atom. The van der Waals surface area contributed by atoms with Crippen molar-refractivity contribution in [2.24, 2.45) is 0 Å². The second-order valence-electron chi connectivity index (χ2n) is 2.72. The van der Waals surface area contributed by atoms with Crippen molar-refractivity contribution in [1.29, 1.82) is 0 Å². The van der Waals surface area contributed by atoms with Gasteiger partial charge in [-0.05, 0) is 18.2 Å². The molecule has 0 atom stereocenters. The maximum atomic E-state index is 5.36. The maximum absolute atomic E-state index is 5.36. The van der Waals surface area contributed by atoms with Crippen molar-refractivity contribution >= 4 is 28.7 Å². The van der Waals surface area contributed by atoms with Gasteiger partial charge in [0.15, 0.2) is 11.5 Å². The number of benzene rings is 1. The zero-order valence-corrected chi connectivity index (χ0v) is 8.31. The number of fused-ring (bicyclic) bond motifs is 1. The van der Waals surface area contributed by atoms with Gasteiger partial charge in [-0.3, -0.25) is 0 Å². The molecule has 0 amide bonds. The molecule has 0 aliphatic carbocycles. The minimum absolute atomic E-state index is 0.705. The van der Waals surface area contributed by atoms with Crippen molar-refractivity contribution in [2.75, 3.05) is 11.0 Å². The number of anilines is 1. The van der Waals surface area contributed by atoms with Crippen LogP contribution in [0.3, 0.4) is 0 Å². The lowest BCUT2D eigenvalue weighted by Crippen LogP contribution is -1.83. The number of nitrogens with one attached hydrogen (secondary N) is 1. The molecule has 0 radical (unpaired) electrons. The lowest BCUT2D eigenvalue weighted by atomic mass is 10.3. The minimum Gasteiger partial charge on any atom is -0.441 e. The third-order valence-corrected chi connectivity index (χ3v) is 2.15. The van der Waals surface area contributed by atoms with Crippen molar-refractivity contribution in [3.63, 3.8) is 0 Å². The van der Waals surface area contributed by atoms with Crippen molar-refractivity contribution in [1.82, 2.24) is 4.98 Å². The Morgan fingerprint density at radius 1 is 1.46 bits per heavy atom. The van der Waals surface area contributed by atoms with Crippen LogP contribution in [0.5, 0.6) is 0 Å². The van der Waals surface area contributed by atoms with Crippen molar-refractivity contribution in [2.45, 2.75) is 6.92 Å². The van der Waals surface area contributed by atoms with Crippen LogP contribution in [0.15, 0.2) is 22.6 Å². The molecule has 68 valence electrons. The fraction of sp³-hybridized carbons (Fsp3) is 0.222. The highest BCUT2D eigenvalue weighted by atomic mass is 32.2. The van der Waals surface area contributed by atoms with Crippen LogP contribution in [0.1, 0.15) is 5.89 Å². The van der Waals surface area contributed by atoms with E-state index in [-0.39, 0.29) is 0 Å². The van der Waals surface area contributed by atoms with Crippen molar-refractivity contribution in [3.8, 4) is 0 Å². The second-order valence-corrected chi connectivity index (χ2v) is 3.33. The van der Waals surface area contributed by atoms with Gasteiger partial charge in [0.2, 0.25) is 0 Å². The van der Waals surface area contributed by atoms with E-state index in [2.05, 4.69) is 9.71 Å². The molecule has 13 heavy (non-hydrogen) atoms.